The Morgan fingerprint density at radius 3 is 2.47 bits per heavy atom. The number of carbonyl (C=O) groups excluding carboxylic acids is 1. The van der Waals surface area contributed by atoms with Crippen molar-refractivity contribution in [3.8, 4) is 0 Å². The van der Waals surface area contributed by atoms with Crippen LogP contribution in [-0.2, 0) is 9.53 Å². The van der Waals surface area contributed by atoms with Gasteiger partial charge in [-0.2, -0.15) is 0 Å². The van der Waals surface area contributed by atoms with E-state index in [1.807, 2.05) is 0 Å². The van der Waals surface area contributed by atoms with Crippen molar-refractivity contribution in [2.45, 2.75) is 91.1 Å². The van der Waals surface area contributed by atoms with Crippen molar-refractivity contribution in [2.24, 2.45) is 11.8 Å². The zero-order chi connectivity index (χ0) is 14.1. The van der Waals surface area contributed by atoms with E-state index in [1.165, 1.54) is 57.8 Å². The van der Waals surface area contributed by atoms with Crippen LogP contribution in [0.4, 0.5) is 0 Å². The van der Waals surface area contributed by atoms with Crippen molar-refractivity contribution in [1.29, 1.82) is 0 Å². The van der Waals surface area contributed by atoms with Crippen LogP contribution in [0.3, 0.4) is 0 Å². The van der Waals surface area contributed by atoms with E-state index in [0.29, 0.717) is 5.92 Å². The molecule has 3 atom stereocenters. The van der Waals surface area contributed by atoms with Crippen LogP contribution in [0.2, 0.25) is 0 Å². The van der Waals surface area contributed by atoms with Crippen LogP contribution < -0.4 is 0 Å². The minimum atomic E-state index is -0.104. The summed E-state index contributed by atoms with van der Waals surface area (Å²) in [6.45, 7) is 6.13. The first-order chi connectivity index (χ1) is 9.13. The van der Waals surface area contributed by atoms with E-state index in [4.69, 9.17) is 4.74 Å². The molecule has 2 nitrogen and oxygen atoms in total. The molecule has 1 aliphatic rings. The Morgan fingerprint density at radius 1 is 1.11 bits per heavy atom. The smallest absolute Gasteiger partial charge is 0.302 e. The first-order valence-electron chi connectivity index (χ1n) is 8.30. The van der Waals surface area contributed by atoms with Crippen molar-refractivity contribution < 1.29 is 9.53 Å². The molecule has 1 rings (SSSR count). The third-order valence-electron chi connectivity index (χ3n) is 4.42. The van der Waals surface area contributed by atoms with Gasteiger partial charge in [0.15, 0.2) is 0 Å². The number of carbonyl (C=O) groups is 1. The van der Waals surface area contributed by atoms with Gasteiger partial charge in [0, 0.05) is 6.92 Å². The third-order valence-corrected chi connectivity index (χ3v) is 4.42. The first kappa shape index (κ1) is 16.5. The maximum atomic E-state index is 11.2. The van der Waals surface area contributed by atoms with Crippen LogP contribution in [0.25, 0.3) is 0 Å². The molecule has 1 saturated carbocycles. The number of esters is 1. The lowest BCUT2D eigenvalue weighted by atomic mass is 9.78. The minimum Gasteiger partial charge on any atom is -0.462 e. The molecule has 0 bridgehead atoms. The zero-order valence-electron chi connectivity index (χ0n) is 13.1. The van der Waals surface area contributed by atoms with E-state index in [1.54, 1.807) is 6.92 Å². The Bertz CT molecular complexity index is 250. The number of hydrogen-bond donors (Lipinski definition) is 0. The Hall–Kier alpha value is -0.530. The summed E-state index contributed by atoms with van der Waals surface area (Å²) in [6.07, 6.45) is 13.1. The highest BCUT2D eigenvalue weighted by molar-refractivity contribution is 5.66. The Kier molecular flexibility index (Phi) is 8.16. The van der Waals surface area contributed by atoms with Crippen LogP contribution in [-0.4, -0.2) is 12.1 Å². The van der Waals surface area contributed by atoms with Crippen LogP contribution >= 0.6 is 0 Å². The molecule has 2 heteroatoms. The van der Waals surface area contributed by atoms with Gasteiger partial charge in [0.05, 0.1) is 0 Å². The van der Waals surface area contributed by atoms with Gasteiger partial charge in [0.1, 0.15) is 6.10 Å². The van der Waals surface area contributed by atoms with Gasteiger partial charge in [-0.15, -0.1) is 0 Å². The van der Waals surface area contributed by atoms with Crippen molar-refractivity contribution in [3.63, 3.8) is 0 Å². The van der Waals surface area contributed by atoms with Gasteiger partial charge in [-0.05, 0) is 37.5 Å². The normalized spacial score (nSPS) is 27.2. The Morgan fingerprint density at radius 2 is 1.79 bits per heavy atom. The molecule has 0 aromatic rings. The predicted octanol–water partition coefficient (Wildman–Crippen LogP) is 5.10. The Balaban J connectivity index is 2.24. The van der Waals surface area contributed by atoms with Crippen molar-refractivity contribution >= 4 is 5.97 Å². The largest absolute Gasteiger partial charge is 0.462 e. The molecular weight excluding hydrogens is 236 g/mol. The number of unbranched alkanes of at least 4 members (excludes halogenated alkanes) is 5. The zero-order valence-corrected chi connectivity index (χ0v) is 13.1. The lowest BCUT2D eigenvalue weighted by molar-refractivity contribution is -0.151. The summed E-state index contributed by atoms with van der Waals surface area (Å²) in [6, 6.07) is 0. The van der Waals surface area contributed by atoms with E-state index in [9.17, 15) is 4.79 Å². The average molecular weight is 268 g/mol. The van der Waals surface area contributed by atoms with Gasteiger partial charge in [-0.1, -0.05) is 52.4 Å². The molecule has 1 fully saturated rings. The molecule has 0 spiro atoms. The molecule has 112 valence electrons. The van der Waals surface area contributed by atoms with Crippen molar-refractivity contribution in [3.05, 3.63) is 0 Å². The molecule has 0 radical (unpaired) electrons. The lowest BCUT2D eigenvalue weighted by Gasteiger charge is -2.34. The van der Waals surface area contributed by atoms with Crippen LogP contribution in [0.5, 0.6) is 0 Å². The van der Waals surface area contributed by atoms with Gasteiger partial charge in [-0.25, -0.2) is 0 Å². The van der Waals surface area contributed by atoms with Crippen LogP contribution in [0.1, 0.15) is 85.0 Å². The summed E-state index contributed by atoms with van der Waals surface area (Å²) in [5.41, 5.74) is 0. The van der Waals surface area contributed by atoms with Gasteiger partial charge in [0.25, 0.3) is 0 Å². The summed E-state index contributed by atoms with van der Waals surface area (Å²) in [7, 11) is 0. The topological polar surface area (TPSA) is 26.3 Å². The van der Waals surface area contributed by atoms with Crippen LogP contribution in [0.15, 0.2) is 0 Å². The highest BCUT2D eigenvalue weighted by atomic mass is 16.5. The average Bonchev–Trinajstić information content (AvgIpc) is 2.36. The summed E-state index contributed by atoms with van der Waals surface area (Å²) >= 11 is 0. The van der Waals surface area contributed by atoms with Gasteiger partial charge in [-0.3, -0.25) is 4.79 Å². The highest BCUT2D eigenvalue weighted by Gasteiger charge is 2.30. The molecule has 0 aromatic carbocycles. The molecule has 0 heterocycles. The lowest BCUT2D eigenvalue weighted by Crippen LogP contribution is -2.32. The summed E-state index contributed by atoms with van der Waals surface area (Å²) in [5.74, 6) is 1.31. The first-order valence-corrected chi connectivity index (χ1v) is 8.30. The van der Waals surface area contributed by atoms with E-state index >= 15 is 0 Å². The van der Waals surface area contributed by atoms with E-state index in [-0.39, 0.29) is 12.1 Å². The number of ether oxygens (including phenoxy) is 1. The van der Waals surface area contributed by atoms with Crippen molar-refractivity contribution in [2.75, 3.05) is 0 Å². The van der Waals surface area contributed by atoms with E-state index in [2.05, 4.69) is 13.8 Å². The standard InChI is InChI=1S/C17H32O2/c1-4-5-6-7-8-9-10-16-13-14(2)11-12-17(16)19-15(3)18/h14,16-17H,4-13H2,1-3H3. The highest BCUT2D eigenvalue weighted by Crippen LogP contribution is 2.34. The molecule has 0 saturated heterocycles. The quantitative estimate of drug-likeness (QED) is 0.452. The molecular formula is C17H32O2. The summed E-state index contributed by atoms with van der Waals surface area (Å²) in [5, 5.41) is 0. The maximum absolute atomic E-state index is 11.2. The van der Waals surface area contributed by atoms with Gasteiger partial charge < -0.3 is 4.74 Å². The molecule has 0 N–H and O–H groups in total. The Labute approximate surface area is 119 Å². The second kappa shape index (κ2) is 9.39. The molecule has 0 aliphatic heterocycles. The van der Waals surface area contributed by atoms with Gasteiger partial charge in [0.2, 0.25) is 0 Å². The summed E-state index contributed by atoms with van der Waals surface area (Å²) < 4.78 is 5.51. The third kappa shape index (κ3) is 6.98. The fourth-order valence-corrected chi connectivity index (χ4v) is 3.33. The van der Waals surface area contributed by atoms with Crippen molar-refractivity contribution in [1.82, 2.24) is 0 Å². The second-order valence-corrected chi connectivity index (χ2v) is 6.38. The van der Waals surface area contributed by atoms with E-state index < -0.39 is 0 Å². The molecule has 1 aliphatic carbocycles. The summed E-state index contributed by atoms with van der Waals surface area (Å²) in [4.78, 5) is 11.2. The maximum Gasteiger partial charge on any atom is 0.302 e. The number of hydrogen-bond acceptors (Lipinski definition) is 2. The number of rotatable bonds is 8. The fourth-order valence-electron chi connectivity index (χ4n) is 3.33. The molecule has 0 aromatic heterocycles. The monoisotopic (exact) mass is 268 g/mol. The van der Waals surface area contributed by atoms with Gasteiger partial charge >= 0.3 is 5.97 Å². The van der Waals surface area contributed by atoms with Crippen LogP contribution in [0, 0.1) is 11.8 Å². The second-order valence-electron chi connectivity index (χ2n) is 6.38. The molecule has 3 unspecified atom stereocenters. The molecule has 19 heavy (non-hydrogen) atoms. The SMILES string of the molecule is CCCCCCCCC1CC(C)CCC1OC(C)=O. The predicted molar refractivity (Wildman–Crippen MR) is 80.1 cm³/mol. The molecule has 0 amide bonds. The van der Waals surface area contributed by atoms with E-state index in [0.717, 1.165) is 12.3 Å². The fraction of sp³-hybridized carbons (Fsp3) is 0.941. The minimum absolute atomic E-state index is 0.104.